The van der Waals surface area contributed by atoms with E-state index in [4.69, 9.17) is 5.11 Å². The number of carboxylic acid groups (broad SMARTS) is 1. The van der Waals surface area contributed by atoms with Gasteiger partial charge in [0.1, 0.15) is 6.04 Å². The van der Waals surface area contributed by atoms with Gasteiger partial charge in [0.15, 0.2) is 0 Å². The second kappa shape index (κ2) is 8.89. The molecule has 23 heavy (non-hydrogen) atoms. The molecule has 0 saturated carbocycles. The van der Waals surface area contributed by atoms with E-state index >= 15 is 0 Å². The van der Waals surface area contributed by atoms with Crippen molar-refractivity contribution in [1.82, 2.24) is 5.32 Å². The van der Waals surface area contributed by atoms with Crippen LogP contribution in [-0.4, -0.2) is 35.5 Å². The fourth-order valence-electron chi connectivity index (χ4n) is 1.86. The number of carbonyl (C=O) groups excluding carboxylic acids is 2. The van der Waals surface area contributed by atoms with Gasteiger partial charge in [-0.3, -0.25) is 14.4 Å². The molecular formula is C16H23N3O4. The van der Waals surface area contributed by atoms with Gasteiger partial charge in [0, 0.05) is 18.3 Å². The van der Waals surface area contributed by atoms with Crippen LogP contribution in [0.15, 0.2) is 24.3 Å². The van der Waals surface area contributed by atoms with Crippen LogP contribution >= 0.6 is 0 Å². The molecule has 7 heteroatoms. The van der Waals surface area contributed by atoms with Gasteiger partial charge in [-0.25, -0.2) is 0 Å². The van der Waals surface area contributed by atoms with E-state index in [1.54, 1.807) is 24.3 Å². The van der Waals surface area contributed by atoms with Crippen LogP contribution < -0.4 is 16.0 Å². The quantitative estimate of drug-likeness (QED) is 0.582. The van der Waals surface area contributed by atoms with E-state index in [9.17, 15) is 14.4 Å². The fourth-order valence-corrected chi connectivity index (χ4v) is 1.86. The van der Waals surface area contributed by atoms with Crippen molar-refractivity contribution in [2.24, 2.45) is 5.92 Å². The van der Waals surface area contributed by atoms with Crippen molar-refractivity contribution < 1.29 is 19.5 Å². The number of rotatable bonds is 8. The fraction of sp³-hybridized carbons (Fsp3) is 0.438. The first-order valence-corrected chi connectivity index (χ1v) is 7.41. The Morgan fingerprint density at radius 2 is 1.57 bits per heavy atom. The largest absolute Gasteiger partial charge is 0.480 e. The summed E-state index contributed by atoms with van der Waals surface area (Å²) in [6.45, 7) is 5.85. The topological polar surface area (TPSA) is 108 Å². The van der Waals surface area contributed by atoms with Crippen molar-refractivity contribution in [2.75, 3.05) is 17.2 Å². The van der Waals surface area contributed by atoms with Gasteiger partial charge in [0.25, 0.3) is 0 Å². The highest BCUT2D eigenvalue weighted by Crippen LogP contribution is 2.14. The monoisotopic (exact) mass is 321 g/mol. The summed E-state index contributed by atoms with van der Waals surface area (Å²) >= 11 is 0. The van der Waals surface area contributed by atoms with Crippen molar-refractivity contribution in [2.45, 2.75) is 33.2 Å². The van der Waals surface area contributed by atoms with E-state index in [-0.39, 0.29) is 18.2 Å². The summed E-state index contributed by atoms with van der Waals surface area (Å²) < 4.78 is 0. The van der Waals surface area contributed by atoms with Crippen LogP contribution in [0.5, 0.6) is 0 Å². The average Bonchev–Trinajstić information content (AvgIpc) is 2.44. The third-order valence-corrected chi connectivity index (χ3v) is 2.95. The summed E-state index contributed by atoms with van der Waals surface area (Å²) in [6.07, 6.45) is -0.157. The number of nitrogens with one attached hydrogen (secondary N) is 3. The number of anilines is 2. The number of carbonyl (C=O) groups is 3. The van der Waals surface area contributed by atoms with Crippen LogP contribution in [0.2, 0.25) is 0 Å². The molecule has 0 aliphatic rings. The average molecular weight is 321 g/mol. The molecule has 0 aliphatic heterocycles. The number of hydrogen-bond donors (Lipinski definition) is 4. The Hall–Kier alpha value is -2.41. The highest BCUT2D eigenvalue weighted by atomic mass is 16.4. The minimum Gasteiger partial charge on any atom is -0.480 e. The van der Waals surface area contributed by atoms with Crippen LogP contribution in [0.1, 0.15) is 27.2 Å². The Morgan fingerprint density at radius 1 is 1.04 bits per heavy atom. The molecule has 1 aromatic rings. The Labute approximate surface area is 135 Å². The summed E-state index contributed by atoms with van der Waals surface area (Å²) in [5.41, 5.74) is 1.16. The van der Waals surface area contributed by atoms with E-state index in [2.05, 4.69) is 16.0 Å². The standard InChI is InChI=1S/C16H23N3O4/c1-10(2)9-17-14(16(22)23)8-15(21)19-13-6-4-12(5-7-13)18-11(3)20/h4-7,10,14,17H,8-9H2,1-3H3,(H,18,20)(H,19,21)(H,22,23). The lowest BCUT2D eigenvalue weighted by atomic mass is 10.1. The second-order valence-electron chi connectivity index (χ2n) is 5.70. The van der Waals surface area contributed by atoms with Crippen molar-refractivity contribution >= 4 is 29.2 Å². The second-order valence-corrected chi connectivity index (χ2v) is 5.70. The lowest BCUT2D eigenvalue weighted by Crippen LogP contribution is -2.41. The highest BCUT2D eigenvalue weighted by molar-refractivity contribution is 5.94. The molecule has 0 spiro atoms. The predicted molar refractivity (Wildman–Crippen MR) is 88.3 cm³/mol. The Morgan fingerprint density at radius 3 is 2.00 bits per heavy atom. The first-order valence-electron chi connectivity index (χ1n) is 7.41. The van der Waals surface area contributed by atoms with E-state index in [1.807, 2.05) is 13.8 Å². The van der Waals surface area contributed by atoms with Crippen LogP contribution in [0, 0.1) is 5.92 Å². The molecule has 0 heterocycles. The molecule has 0 bridgehead atoms. The summed E-state index contributed by atoms with van der Waals surface area (Å²) in [4.78, 5) is 34.0. The maximum atomic E-state index is 12.0. The van der Waals surface area contributed by atoms with Crippen molar-refractivity contribution in [3.8, 4) is 0 Å². The molecule has 0 aromatic heterocycles. The molecule has 1 aromatic carbocycles. The number of benzene rings is 1. The normalized spacial score (nSPS) is 11.8. The molecule has 1 unspecified atom stereocenters. The Bertz CT molecular complexity index is 555. The molecular weight excluding hydrogens is 298 g/mol. The van der Waals surface area contributed by atoms with Gasteiger partial charge in [-0.2, -0.15) is 0 Å². The van der Waals surface area contributed by atoms with Gasteiger partial charge in [-0.05, 0) is 36.7 Å². The zero-order valence-corrected chi connectivity index (χ0v) is 13.6. The number of carboxylic acids is 1. The van der Waals surface area contributed by atoms with Crippen LogP contribution in [0.4, 0.5) is 11.4 Å². The van der Waals surface area contributed by atoms with Crippen LogP contribution in [-0.2, 0) is 14.4 Å². The van der Waals surface area contributed by atoms with E-state index in [0.29, 0.717) is 23.8 Å². The zero-order valence-electron chi connectivity index (χ0n) is 13.6. The number of aliphatic carboxylic acids is 1. The van der Waals surface area contributed by atoms with Crippen molar-refractivity contribution in [1.29, 1.82) is 0 Å². The molecule has 126 valence electrons. The smallest absolute Gasteiger partial charge is 0.321 e. The Kier molecular flexibility index (Phi) is 7.21. The summed E-state index contributed by atoms with van der Waals surface area (Å²) in [5.74, 6) is -1.33. The molecule has 0 saturated heterocycles. The van der Waals surface area contributed by atoms with Gasteiger partial charge in [0.2, 0.25) is 11.8 Å². The molecule has 1 atom stereocenters. The third kappa shape index (κ3) is 7.42. The molecule has 4 N–H and O–H groups in total. The predicted octanol–water partition coefficient (Wildman–Crippen LogP) is 1.67. The molecule has 7 nitrogen and oxygen atoms in total. The van der Waals surface area contributed by atoms with Crippen molar-refractivity contribution in [3.05, 3.63) is 24.3 Å². The molecule has 0 aliphatic carbocycles. The highest BCUT2D eigenvalue weighted by Gasteiger charge is 2.20. The maximum Gasteiger partial charge on any atom is 0.321 e. The minimum atomic E-state index is -1.05. The van der Waals surface area contributed by atoms with Gasteiger partial charge in [0.05, 0.1) is 6.42 Å². The molecule has 0 fully saturated rings. The SMILES string of the molecule is CC(=O)Nc1ccc(NC(=O)CC(NCC(C)C)C(=O)O)cc1. The summed E-state index contributed by atoms with van der Waals surface area (Å²) in [6, 6.07) is 5.67. The van der Waals surface area contributed by atoms with Gasteiger partial charge in [-0.1, -0.05) is 13.8 Å². The van der Waals surface area contributed by atoms with Crippen LogP contribution in [0.3, 0.4) is 0 Å². The molecule has 1 rings (SSSR count). The van der Waals surface area contributed by atoms with Gasteiger partial charge >= 0.3 is 5.97 Å². The number of amides is 2. The first-order chi connectivity index (χ1) is 10.8. The summed E-state index contributed by atoms with van der Waals surface area (Å²) in [7, 11) is 0. The van der Waals surface area contributed by atoms with E-state index in [1.165, 1.54) is 6.92 Å². The lowest BCUT2D eigenvalue weighted by molar-refractivity contribution is -0.141. The number of hydrogen-bond acceptors (Lipinski definition) is 4. The Balaban J connectivity index is 2.56. The molecule has 0 radical (unpaired) electrons. The lowest BCUT2D eigenvalue weighted by Gasteiger charge is -2.16. The van der Waals surface area contributed by atoms with Gasteiger partial charge < -0.3 is 21.1 Å². The van der Waals surface area contributed by atoms with Crippen molar-refractivity contribution in [3.63, 3.8) is 0 Å². The molecule has 2 amide bonds. The third-order valence-electron chi connectivity index (χ3n) is 2.95. The van der Waals surface area contributed by atoms with Gasteiger partial charge in [-0.15, -0.1) is 0 Å². The van der Waals surface area contributed by atoms with Crippen LogP contribution in [0.25, 0.3) is 0 Å². The maximum absolute atomic E-state index is 12.0. The zero-order chi connectivity index (χ0) is 17.4. The van der Waals surface area contributed by atoms with E-state index in [0.717, 1.165) is 0 Å². The first kappa shape index (κ1) is 18.6. The summed E-state index contributed by atoms with van der Waals surface area (Å²) in [5, 5.41) is 17.3. The van der Waals surface area contributed by atoms with E-state index < -0.39 is 12.0 Å². The minimum absolute atomic E-state index is 0.157.